The van der Waals surface area contributed by atoms with Crippen LogP contribution in [0.5, 0.6) is 0 Å². The molecule has 0 radical (unpaired) electrons. The van der Waals surface area contributed by atoms with Crippen LogP contribution >= 0.6 is 11.6 Å². The van der Waals surface area contributed by atoms with Crippen molar-refractivity contribution in [1.82, 2.24) is 9.78 Å². The SMILES string of the molecule is ClCc1ccn(C2CC2)n1. The Labute approximate surface area is 64.8 Å². The number of hydrogen-bond donors (Lipinski definition) is 0. The molecule has 1 saturated carbocycles. The van der Waals surface area contributed by atoms with Gasteiger partial charge in [0.25, 0.3) is 0 Å². The summed E-state index contributed by atoms with van der Waals surface area (Å²) in [5, 5.41) is 4.28. The van der Waals surface area contributed by atoms with Crippen molar-refractivity contribution in [3.8, 4) is 0 Å². The maximum atomic E-state index is 5.59. The molecule has 0 amide bonds. The van der Waals surface area contributed by atoms with Gasteiger partial charge in [-0.15, -0.1) is 11.6 Å². The molecule has 0 unspecified atom stereocenters. The molecule has 0 bridgehead atoms. The highest BCUT2D eigenvalue weighted by atomic mass is 35.5. The Morgan fingerprint density at radius 2 is 2.50 bits per heavy atom. The van der Waals surface area contributed by atoms with Crippen LogP contribution in [0.25, 0.3) is 0 Å². The highest BCUT2D eigenvalue weighted by Crippen LogP contribution is 2.33. The van der Waals surface area contributed by atoms with Crippen molar-refractivity contribution < 1.29 is 0 Å². The summed E-state index contributed by atoms with van der Waals surface area (Å²) in [6.45, 7) is 0. The summed E-state index contributed by atoms with van der Waals surface area (Å²) in [5.74, 6) is 0.528. The van der Waals surface area contributed by atoms with Gasteiger partial charge in [-0.2, -0.15) is 5.10 Å². The molecule has 1 aliphatic rings. The van der Waals surface area contributed by atoms with Crippen molar-refractivity contribution in [3.05, 3.63) is 18.0 Å². The van der Waals surface area contributed by atoms with Crippen molar-refractivity contribution >= 4 is 11.6 Å². The van der Waals surface area contributed by atoms with E-state index in [4.69, 9.17) is 11.6 Å². The van der Waals surface area contributed by atoms with Crippen LogP contribution in [0.1, 0.15) is 24.6 Å². The Hall–Kier alpha value is -0.500. The van der Waals surface area contributed by atoms with E-state index in [2.05, 4.69) is 5.10 Å². The van der Waals surface area contributed by atoms with Crippen molar-refractivity contribution in [2.24, 2.45) is 0 Å². The fourth-order valence-corrected chi connectivity index (χ4v) is 1.13. The molecule has 0 N–H and O–H groups in total. The number of rotatable bonds is 2. The molecule has 2 rings (SSSR count). The van der Waals surface area contributed by atoms with E-state index in [1.54, 1.807) is 0 Å². The van der Waals surface area contributed by atoms with Crippen LogP contribution in [0.2, 0.25) is 0 Å². The Morgan fingerprint density at radius 3 is 3.00 bits per heavy atom. The van der Waals surface area contributed by atoms with Crippen LogP contribution in [0, 0.1) is 0 Å². The molecule has 0 aliphatic heterocycles. The Balaban J connectivity index is 2.19. The van der Waals surface area contributed by atoms with Gasteiger partial charge in [0.15, 0.2) is 0 Å². The molecule has 0 spiro atoms. The number of aromatic nitrogens is 2. The second-order valence-electron chi connectivity index (χ2n) is 2.65. The molecule has 54 valence electrons. The normalized spacial score (nSPS) is 17.7. The van der Waals surface area contributed by atoms with Gasteiger partial charge in [-0.25, -0.2) is 0 Å². The lowest BCUT2D eigenvalue weighted by atomic mass is 10.5. The number of hydrogen-bond acceptors (Lipinski definition) is 1. The van der Waals surface area contributed by atoms with Crippen LogP contribution in [0.4, 0.5) is 0 Å². The third kappa shape index (κ3) is 1.03. The third-order valence-electron chi connectivity index (χ3n) is 1.72. The Kier molecular flexibility index (Phi) is 1.42. The van der Waals surface area contributed by atoms with Crippen LogP contribution in [0.15, 0.2) is 12.3 Å². The molecule has 0 saturated heterocycles. The second kappa shape index (κ2) is 2.27. The van der Waals surface area contributed by atoms with Crippen molar-refractivity contribution in [2.75, 3.05) is 0 Å². The second-order valence-corrected chi connectivity index (χ2v) is 2.92. The number of alkyl halides is 1. The van der Waals surface area contributed by atoms with Gasteiger partial charge in [0.1, 0.15) is 0 Å². The van der Waals surface area contributed by atoms with Gasteiger partial charge in [-0.3, -0.25) is 4.68 Å². The average Bonchev–Trinajstić information content (AvgIpc) is 2.70. The molecule has 0 aromatic carbocycles. The first-order valence-electron chi connectivity index (χ1n) is 3.50. The number of nitrogens with zero attached hydrogens (tertiary/aromatic N) is 2. The van der Waals surface area contributed by atoms with Crippen LogP contribution in [0.3, 0.4) is 0 Å². The van der Waals surface area contributed by atoms with E-state index >= 15 is 0 Å². The first-order chi connectivity index (χ1) is 4.90. The van der Waals surface area contributed by atoms with Gasteiger partial charge in [-0.05, 0) is 18.9 Å². The topological polar surface area (TPSA) is 17.8 Å². The summed E-state index contributed by atoms with van der Waals surface area (Å²) in [7, 11) is 0. The van der Waals surface area contributed by atoms with E-state index in [1.165, 1.54) is 12.8 Å². The molecule has 2 nitrogen and oxygen atoms in total. The first-order valence-corrected chi connectivity index (χ1v) is 4.03. The molecule has 1 fully saturated rings. The van der Waals surface area contributed by atoms with Gasteiger partial charge in [0.2, 0.25) is 0 Å². The molecule has 3 heteroatoms. The predicted octanol–water partition coefficient (Wildman–Crippen LogP) is 1.96. The summed E-state index contributed by atoms with van der Waals surface area (Å²) >= 11 is 5.59. The van der Waals surface area contributed by atoms with E-state index < -0.39 is 0 Å². The lowest BCUT2D eigenvalue weighted by Gasteiger charge is -1.92. The van der Waals surface area contributed by atoms with E-state index in [0.717, 1.165) is 5.69 Å². The number of halogens is 1. The maximum Gasteiger partial charge on any atom is 0.0772 e. The minimum atomic E-state index is 0.528. The minimum absolute atomic E-state index is 0.528. The van der Waals surface area contributed by atoms with E-state index in [-0.39, 0.29) is 0 Å². The van der Waals surface area contributed by atoms with Crippen molar-refractivity contribution in [2.45, 2.75) is 24.8 Å². The minimum Gasteiger partial charge on any atom is -0.269 e. The smallest absolute Gasteiger partial charge is 0.0772 e. The quantitative estimate of drug-likeness (QED) is 0.599. The van der Waals surface area contributed by atoms with Gasteiger partial charge < -0.3 is 0 Å². The molecule has 1 aromatic heterocycles. The van der Waals surface area contributed by atoms with Crippen molar-refractivity contribution in [1.29, 1.82) is 0 Å². The summed E-state index contributed by atoms with van der Waals surface area (Å²) < 4.78 is 2.01. The van der Waals surface area contributed by atoms with E-state index in [0.29, 0.717) is 11.9 Å². The highest BCUT2D eigenvalue weighted by Gasteiger charge is 2.23. The summed E-state index contributed by atoms with van der Waals surface area (Å²) in [5.41, 5.74) is 0.980. The van der Waals surface area contributed by atoms with Gasteiger partial charge in [0.05, 0.1) is 17.6 Å². The molecular weight excluding hydrogens is 148 g/mol. The average molecular weight is 157 g/mol. The molecule has 10 heavy (non-hydrogen) atoms. The molecular formula is C7H9ClN2. The lowest BCUT2D eigenvalue weighted by molar-refractivity contribution is 0.634. The summed E-state index contributed by atoms with van der Waals surface area (Å²) in [6, 6.07) is 2.66. The Bertz CT molecular complexity index is 227. The van der Waals surface area contributed by atoms with E-state index in [9.17, 15) is 0 Å². The van der Waals surface area contributed by atoms with Crippen LogP contribution in [-0.4, -0.2) is 9.78 Å². The standard InChI is InChI=1S/C7H9ClN2/c8-5-6-3-4-10(9-6)7-1-2-7/h3-4,7H,1-2,5H2. The zero-order valence-corrected chi connectivity index (χ0v) is 6.38. The summed E-state index contributed by atoms with van der Waals surface area (Å²) in [4.78, 5) is 0. The van der Waals surface area contributed by atoms with Gasteiger partial charge in [0, 0.05) is 6.20 Å². The van der Waals surface area contributed by atoms with Gasteiger partial charge >= 0.3 is 0 Å². The lowest BCUT2D eigenvalue weighted by Crippen LogP contribution is -1.94. The van der Waals surface area contributed by atoms with Gasteiger partial charge in [-0.1, -0.05) is 0 Å². The fraction of sp³-hybridized carbons (Fsp3) is 0.571. The predicted molar refractivity (Wildman–Crippen MR) is 40.1 cm³/mol. The van der Waals surface area contributed by atoms with Crippen LogP contribution < -0.4 is 0 Å². The maximum absolute atomic E-state index is 5.59. The fourth-order valence-electron chi connectivity index (χ4n) is 0.991. The first kappa shape index (κ1) is 6.23. The third-order valence-corrected chi connectivity index (χ3v) is 2.00. The van der Waals surface area contributed by atoms with Crippen molar-refractivity contribution in [3.63, 3.8) is 0 Å². The van der Waals surface area contributed by atoms with Crippen LogP contribution in [-0.2, 0) is 5.88 Å². The monoisotopic (exact) mass is 156 g/mol. The molecule has 1 aliphatic carbocycles. The highest BCUT2D eigenvalue weighted by molar-refractivity contribution is 6.16. The zero-order chi connectivity index (χ0) is 6.97. The largest absolute Gasteiger partial charge is 0.269 e. The summed E-state index contributed by atoms with van der Waals surface area (Å²) in [6.07, 6.45) is 4.57. The molecule has 1 heterocycles. The Morgan fingerprint density at radius 1 is 1.70 bits per heavy atom. The van der Waals surface area contributed by atoms with E-state index in [1.807, 2.05) is 16.9 Å². The molecule has 1 aromatic rings. The zero-order valence-electron chi connectivity index (χ0n) is 5.63. The molecule has 0 atom stereocenters.